The summed E-state index contributed by atoms with van der Waals surface area (Å²) in [5.41, 5.74) is 8.69. The lowest BCUT2D eigenvalue weighted by Gasteiger charge is -2.29. The number of aromatic nitrogens is 1. The molecule has 0 aliphatic carbocycles. The third-order valence-electron chi connectivity index (χ3n) is 4.19. The van der Waals surface area contributed by atoms with Crippen LogP contribution in [-0.4, -0.2) is 36.6 Å². The van der Waals surface area contributed by atoms with Crippen molar-refractivity contribution in [1.82, 2.24) is 9.88 Å². The minimum atomic E-state index is 0.762. The molecule has 0 bridgehead atoms. The Morgan fingerprint density at radius 1 is 1.30 bits per heavy atom. The van der Waals surface area contributed by atoms with Crippen molar-refractivity contribution < 1.29 is 0 Å². The fraction of sp³-hybridized carbons (Fsp3) is 0.438. The highest BCUT2D eigenvalue weighted by Gasteiger charge is 2.16. The molecule has 20 heavy (non-hydrogen) atoms. The number of anilines is 2. The zero-order valence-electron chi connectivity index (χ0n) is 12.0. The number of hydrogen-bond donors (Lipinski definition) is 2. The molecule has 2 aromatic rings. The Balaban J connectivity index is 1.71. The number of hydrogen-bond acceptors (Lipinski definition) is 4. The number of nitrogen functional groups attached to an aromatic ring is 1. The van der Waals surface area contributed by atoms with Gasteiger partial charge in [0, 0.05) is 29.5 Å². The first-order valence-corrected chi connectivity index (χ1v) is 7.29. The molecule has 1 aliphatic rings. The van der Waals surface area contributed by atoms with Crippen LogP contribution in [0.2, 0.25) is 0 Å². The highest BCUT2D eigenvalue weighted by atomic mass is 15.1. The van der Waals surface area contributed by atoms with Gasteiger partial charge in [-0.2, -0.15) is 0 Å². The van der Waals surface area contributed by atoms with E-state index in [9.17, 15) is 0 Å². The van der Waals surface area contributed by atoms with Crippen LogP contribution in [0.5, 0.6) is 0 Å². The maximum Gasteiger partial charge on any atom is 0.0743 e. The number of rotatable bonds is 3. The van der Waals surface area contributed by atoms with Crippen LogP contribution in [0, 0.1) is 5.92 Å². The van der Waals surface area contributed by atoms with Crippen LogP contribution in [-0.2, 0) is 0 Å². The van der Waals surface area contributed by atoms with Gasteiger partial charge in [0.15, 0.2) is 0 Å². The minimum Gasteiger partial charge on any atom is -0.399 e. The summed E-state index contributed by atoms with van der Waals surface area (Å²) in [6.07, 6.45) is 4.40. The van der Waals surface area contributed by atoms with Crippen LogP contribution in [0.25, 0.3) is 10.9 Å². The standard InChI is InChI=1S/C16H22N4/c1-20-8-5-12(6-9-20)11-19-15-4-7-18-16-10-13(17)2-3-14(15)16/h2-4,7,10,12H,5-6,8-9,11,17H2,1H3,(H,18,19). The Bertz CT molecular complexity index is 588. The van der Waals surface area contributed by atoms with Crippen LogP contribution in [0.3, 0.4) is 0 Å². The molecule has 1 fully saturated rings. The number of fused-ring (bicyclic) bond motifs is 1. The van der Waals surface area contributed by atoms with E-state index in [-0.39, 0.29) is 0 Å². The van der Waals surface area contributed by atoms with Gasteiger partial charge >= 0.3 is 0 Å². The van der Waals surface area contributed by atoms with Gasteiger partial charge in [-0.15, -0.1) is 0 Å². The highest BCUT2D eigenvalue weighted by Crippen LogP contribution is 2.24. The van der Waals surface area contributed by atoms with Crippen molar-refractivity contribution in [2.75, 3.05) is 37.7 Å². The fourth-order valence-electron chi connectivity index (χ4n) is 2.84. The van der Waals surface area contributed by atoms with Gasteiger partial charge in [-0.25, -0.2) is 0 Å². The minimum absolute atomic E-state index is 0.762. The van der Waals surface area contributed by atoms with Gasteiger partial charge in [-0.3, -0.25) is 4.98 Å². The summed E-state index contributed by atoms with van der Waals surface area (Å²) in [4.78, 5) is 6.78. The predicted octanol–water partition coefficient (Wildman–Crippen LogP) is 2.57. The summed E-state index contributed by atoms with van der Waals surface area (Å²) in [7, 11) is 2.20. The topological polar surface area (TPSA) is 54.2 Å². The van der Waals surface area contributed by atoms with E-state index < -0.39 is 0 Å². The Morgan fingerprint density at radius 3 is 2.90 bits per heavy atom. The SMILES string of the molecule is CN1CCC(CNc2ccnc3cc(N)ccc23)CC1. The molecule has 1 aromatic heterocycles. The Labute approximate surface area is 120 Å². The smallest absolute Gasteiger partial charge is 0.0743 e. The summed E-state index contributed by atoms with van der Waals surface area (Å²) < 4.78 is 0. The van der Waals surface area contributed by atoms with Gasteiger partial charge in [0.1, 0.15) is 0 Å². The molecule has 1 aromatic carbocycles. The van der Waals surface area contributed by atoms with Crippen LogP contribution in [0.4, 0.5) is 11.4 Å². The molecular weight excluding hydrogens is 248 g/mol. The average molecular weight is 270 g/mol. The first kappa shape index (κ1) is 13.2. The molecule has 1 saturated heterocycles. The summed E-state index contributed by atoms with van der Waals surface area (Å²) in [6, 6.07) is 7.96. The summed E-state index contributed by atoms with van der Waals surface area (Å²) in [5.74, 6) is 0.767. The lowest BCUT2D eigenvalue weighted by molar-refractivity contribution is 0.226. The molecule has 0 saturated carbocycles. The van der Waals surface area contributed by atoms with Gasteiger partial charge in [0.05, 0.1) is 5.52 Å². The van der Waals surface area contributed by atoms with Crippen LogP contribution >= 0.6 is 0 Å². The van der Waals surface area contributed by atoms with E-state index in [4.69, 9.17) is 5.73 Å². The molecule has 106 valence electrons. The molecule has 0 spiro atoms. The molecule has 0 unspecified atom stereocenters. The number of nitrogens with zero attached hydrogens (tertiary/aromatic N) is 2. The van der Waals surface area contributed by atoms with E-state index in [1.807, 2.05) is 24.4 Å². The molecule has 0 amide bonds. The van der Waals surface area contributed by atoms with E-state index in [2.05, 4.69) is 28.3 Å². The van der Waals surface area contributed by atoms with Crippen molar-refractivity contribution >= 4 is 22.3 Å². The lowest BCUT2D eigenvalue weighted by Crippen LogP contribution is -2.32. The van der Waals surface area contributed by atoms with Crippen molar-refractivity contribution in [3.63, 3.8) is 0 Å². The number of nitrogens with one attached hydrogen (secondary N) is 1. The number of piperidine rings is 1. The highest BCUT2D eigenvalue weighted by molar-refractivity contribution is 5.92. The quantitative estimate of drug-likeness (QED) is 0.842. The van der Waals surface area contributed by atoms with Crippen molar-refractivity contribution in [3.05, 3.63) is 30.5 Å². The number of pyridine rings is 1. The third kappa shape index (κ3) is 2.85. The normalized spacial score (nSPS) is 17.4. The fourth-order valence-corrected chi connectivity index (χ4v) is 2.84. The van der Waals surface area contributed by atoms with E-state index in [1.165, 1.54) is 25.9 Å². The Morgan fingerprint density at radius 2 is 2.10 bits per heavy atom. The first-order valence-electron chi connectivity index (χ1n) is 7.29. The molecule has 4 heteroatoms. The molecule has 3 N–H and O–H groups in total. The van der Waals surface area contributed by atoms with Crippen LogP contribution < -0.4 is 11.1 Å². The molecule has 2 heterocycles. The maximum absolute atomic E-state index is 5.81. The number of benzene rings is 1. The van der Waals surface area contributed by atoms with Crippen LogP contribution in [0.15, 0.2) is 30.5 Å². The number of nitrogens with two attached hydrogens (primary N) is 1. The number of likely N-dealkylation sites (tertiary alicyclic amines) is 1. The second kappa shape index (κ2) is 5.67. The van der Waals surface area contributed by atoms with Gasteiger partial charge in [0.25, 0.3) is 0 Å². The maximum atomic E-state index is 5.81. The summed E-state index contributed by atoms with van der Waals surface area (Å²) in [6.45, 7) is 3.46. The van der Waals surface area contributed by atoms with Crippen molar-refractivity contribution in [1.29, 1.82) is 0 Å². The monoisotopic (exact) mass is 270 g/mol. The van der Waals surface area contributed by atoms with E-state index in [1.54, 1.807) is 0 Å². The van der Waals surface area contributed by atoms with E-state index in [0.717, 1.165) is 34.7 Å². The molecular formula is C16H22N4. The summed E-state index contributed by atoms with van der Waals surface area (Å²) in [5, 5.41) is 4.74. The third-order valence-corrected chi connectivity index (χ3v) is 4.19. The second-order valence-corrected chi connectivity index (χ2v) is 5.76. The van der Waals surface area contributed by atoms with E-state index in [0.29, 0.717) is 0 Å². The van der Waals surface area contributed by atoms with Gasteiger partial charge in [-0.1, -0.05) is 0 Å². The largest absolute Gasteiger partial charge is 0.399 e. The van der Waals surface area contributed by atoms with Crippen molar-refractivity contribution in [2.24, 2.45) is 5.92 Å². The molecule has 1 aliphatic heterocycles. The molecule has 4 nitrogen and oxygen atoms in total. The second-order valence-electron chi connectivity index (χ2n) is 5.76. The zero-order chi connectivity index (χ0) is 13.9. The van der Waals surface area contributed by atoms with Crippen molar-refractivity contribution in [2.45, 2.75) is 12.8 Å². The van der Waals surface area contributed by atoms with Gasteiger partial charge in [0.2, 0.25) is 0 Å². The van der Waals surface area contributed by atoms with Gasteiger partial charge < -0.3 is 16.0 Å². The van der Waals surface area contributed by atoms with Gasteiger partial charge in [-0.05, 0) is 63.2 Å². The molecule has 0 atom stereocenters. The Hall–Kier alpha value is -1.81. The Kier molecular flexibility index (Phi) is 3.74. The molecule has 3 rings (SSSR count). The lowest BCUT2D eigenvalue weighted by atomic mass is 9.97. The molecule has 0 radical (unpaired) electrons. The average Bonchev–Trinajstić information content (AvgIpc) is 2.46. The van der Waals surface area contributed by atoms with Crippen LogP contribution in [0.1, 0.15) is 12.8 Å². The zero-order valence-corrected chi connectivity index (χ0v) is 12.0. The first-order chi connectivity index (χ1) is 9.72. The van der Waals surface area contributed by atoms with E-state index >= 15 is 0 Å². The predicted molar refractivity (Wildman–Crippen MR) is 84.9 cm³/mol. The van der Waals surface area contributed by atoms with Crippen molar-refractivity contribution in [3.8, 4) is 0 Å². The summed E-state index contributed by atoms with van der Waals surface area (Å²) >= 11 is 0.